The van der Waals surface area contributed by atoms with Crippen molar-refractivity contribution >= 4 is 57.5 Å². The second-order valence-electron chi connectivity index (χ2n) is 5.19. The van der Waals surface area contributed by atoms with Crippen molar-refractivity contribution in [2.24, 2.45) is 0 Å². The van der Waals surface area contributed by atoms with Crippen molar-refractivity contribution in [1.82, 2.24) is 9.80 Å². The van der Waals surface area contributed by atoms with Crippen molar-refractivity contribution in [2.45, 2.75) is 19.3 Å². The first-order valence-corrected chi connectivity index (χ1v) is 9.32. The summed E-state index contributed by atoms with van der Waals surface area (Å²) in [5.41, 5.74) is 0. The fourth-order valence-corrected chi connectivity index (χ4v) is 4.56. The van der Waals surface area contributed by atoms with Gasteiger partial charge in [0.2, 0.25) is 5.91 Å². The molecule has 0 bridgehead atoms. The smallest absolute Gasteiger partial charge is 0.266 e. The number of rotatable bonds is 4. The van der Waals surface area contributed by atoms with Crippen LogP contribution in [0.2, 0.25) is 0 Å². The van der Waals surface area contributed by atoms with E-state index in [4.69, 9.17) is 12.2 Å². The molecule has 22 heavy (non-hydrogen) atoms. The standard InChI is InChI=1S/C15H16N2O2S3/c18-13(16-6-1-2-7-16)5-8-17-14(19)12(22-15(17)20)10-11-4-3-9-21-11/h3-4,9-10H,1-2,5-8H2/b12-10+. The summed E-state index contributed by atoms with van der Waals surface area (Å²) in [5, 5.41) is 1.97. The second-order valence-corrected chi connectivity index (χ2v) is 7.84. The van der Waals surface area contributed by atoms with Crippen LogP contribution in [0.15, 0.2) is 22.4 Å². The first kappa shape index (κ1) is 15.7. The monoisotopic (exact) mass is 352 g/mol. The van der Waals surface area contributed by atoms with Crippen LogP contribution >= 0.6 is 35.3 Å². The zero-order chi connectivity index (χ0) is 15.5. The third-order valence-electron chi connectivity index (χ3n) is 3.70. The molecule has 2 aliphatic rings. The normalized spacial score (nSPS) is 20.5. The first-order chi connectivity index (χ1) is 10.6. The molecule has 3 rings (SSSR count). The van der Waals surface area contributed by atoms with E-state index in [-0.39, 0.29) is 11.8 Å². The molecule has 2 fully saturated rings. The Balaban J connectivity index is 1.61. The summed E-state index contributed by atoms with van der Waals surface area (Å²) in [5.74, 6) is 0.0337. The van der Waals surface area contributed by atoms with Crippen molar-refractivity contribution in [3.8, 4) is 0 Å². The summed E-state index contributed by atoms with van der Waals surface area (Å²) >= 11 is 8.18. The van der Waals surface area contributed by atoms with E-state index in [9.17, 15) is 9.59 Å². The highest BCUT2D eigenvalue weighted by Gasteiger charge is 2.32. The molecule has 0 N–H and O–H groups in total. The van der Waals surface area contributed by atoms with Gasteiger partial charge in [-0.05, 0) is 30.4 Å². The van der Waals surface area contributed by atoms with Crippen LogP contribution in [0.5, 0.6) is 0 Å². The topological polar surface area (TPSA) is 40.6 Å². The summed E-state index contributed by atoms with van der Waals surface area (Å²) in [6, 6.07) is 3.92. The van der Waals surface area contributed by atoms with E-state index in [1.54, 1.807) is 16.2 Å². The van der Waals surface area contributed by atoms with E-state index in [2.05, 4.69) is 0 Å². The summed E-state index contributed by atoms with van der Waals surface area (Å²) in [4.78, 5) is 29.6. The number of amides is 2. The summed E-state index contributed by atoms with van der Waals surface area (Å²) in [6.45, 7) is 2.06. The highest BCUT2D eigenvalue weighted by molar-refractivity contribution is 8.26. The third-order valence-corrected chi connectivity index (χ3v) is 5.90. The highest BCUT2D eigenvalue weighted by Crippen LogP contribution is 2.33. The number of carbonyl (C=O) groups excluding carboxylic acids is 2. The quantitative estimate of drug-likeness (QED) is 0.617. The van der Waals surface area contributed by atoms with Crippen molar-refractivity contribution in [3.63, 3.8) is 0 Å². The second kappa shape index (κ2) is 6.93. The van der Waals surface area contributed by atoms with Gasteiger partial charge in [-0.2, -0.15) is 0 Å². The fraction of sp³-hybridized carbons (Fsp3) is 0.400. The summed E-state index contributed by atoms with van der Waals surface area (Å²) < 4.78 is 0.544. The van der Waals surface area contributed by atoms with E-state index >= 15 is 0 Å². The zero-order valence-corrected chi connectivity index (χ0v) is 14.4. The van der Waals surface area contributed by atoms with Crippen LogP contribution in [-0.4, -0.2) is 45.6 Å². The fourth-order valence-electron chi connectivity index (χ4n) is 2.53. The predicted molar refractivity (Wildman–Crippen MR) is 94.6 cm³/mol. The number of carbonyl (C=O) groups is 2. The van der Waals surface area contributed by atoms with Crippen molar-refractivity contribution in [3.05, 3.63) is 27.3 Å². The van der Waals surface area contributed by atoms with Crippen LogP contribution in [0.25, 0.3) is 6.08 Å². The molecule has 1 aromatic rings. The van der Waals surface area contributed by atoms with E-state index in [1.807, 2.05) is 28.5 Å². The molecule has 116 valence electrons. The number of thiophene rings is 1. The lowest BCUT2D eigenvalue weighted by Gasteiger charge is -2.18. The molecule has 0 radical (unpaired) electrons. The van der Waals surface area contributed by atoms with E-state index in [0.29, 0.717) is 22.2 Å². The van der Waals surface area contributed by atoms with Crippen molar-refractivity contribution in [2.75, 3.05) is 19.6 Å². The predicted octanol–water partition coefficient (Wildman–Crippen LogP) is 2.96. The van der Waals surface area contributed by atoms with Gasteiger partial charge in [0, 0.05) is 30.9 Å². The molecule has 2 aliphatic heterocycles. The third kappa shape index (κ3) is 3.42. The first-order valence-electron chi connectivity index (χ1n) is 7.22. The maximum atomic E-state index is 12.4. The minimum atomic E-state index is -0.0855. The van der Waals surface area contributed by atoms with Gasteiger partial charge in [-0.1, -0.05) is 30.0 Å². The van der Waals surface area contributed by atoms with Gasteiger partial charge in [0.15, 0.2) is 0 Å². The lowest BCUT2D eigenvalue weighted by atomic mass is 10.3. The Bertz CT molecular complexity index is 619. The maximum Gasteiger partial charge on any atom is 0.266 e. The van der Waals surface area contributed by atoms with Crippen LogP contribution in [0, 0.1) is 0 Å². The molecule has 3 heterocycles. The molecule has 0 unspecified atom stereocenters. The SMILES string of the molecule is O=C(CCN1C(=O)/C(=C\c2cccs2)SC1=S)N1CCCC1. The molecule has 2 saturated heterocycles. The number of thioether (sulfide) groups is 1. The Hall–Kier alpha value is -1.18. The number of hydrogen-bond donors (Lipinski definition) is 0. The Labute approximate surface area is 143 Å². The summed E-state index contributed by atoms with van der Waals surface area (Å²) in [7, 11) is 0. The molecule has 0 atom stereocenters. The van der Waals surface area contributed by atoms with Gasteiger partial charge in [0.05, 0.1) is 4.91 Å². The largest absolute Gasteiger partial charge is 0.343 e. The highest BCUT2D eigenvalue weighted by atomic mass is 32.2. The number of nitrogens with zero attached hydrogens (tertiary/aromatic N) is 2. The minimum Gasteiger partial charge on any atom is -0.343 e. The molecular formula is C15H16N2O2S3. The average molecular weight is 353 g/mol. The van der Waals surface area contributed by atoms with E-state index < -0.39 is 0 Å². The van der Waals surface area contributed by atoms with Gasteiger partial charge in [-0.15, -0.1) is 11.3 Å². The maximum absolute atomic E-state index is 12.4. The Kier molecular flexibility index (Phi) is 4.95. The van der Waals surface area contributed by atoms with Gasteiger partial charge in [-0.3, -0.25) is 14.5 Å². The molecule has 0 aromatic carbocycles. The Morgan fingerprint density at radius 3 is 2.82 bits per heavy atom. The molecule has 4 nitrogen and oxygen atoms in total. The molecule has 0 spiro atoms. The van der Waals surface area contributed by atoms with E-state index in [1.165, 1.54) is 11.8 Å². The molecule has 0 saturated carbocycles. The Morgan fingerprint density at radius 2 is 2.14 bits per heavy atom. The lowest BCUT2D eigenvalue weighted by Crippen LogP contribution is -2.34. The molecular weight excluding hydrogens is 336 g/mol. The minimum absolute atomic E-state index is 0.0855. The van der Waals surface area contributed by atoms with Gasteiger partial charge in [-0.25, -0.2) is 0 Å². The number of hydrogen-bond acceptors (Lipinski definition) is 5. The van der Waals surface area contributed by atoms with Crippen molar-refractivity contribution < 1.29 is 9.59 Å². The van der Waals surface area contributed by atoms with Crippen LogP contribution in [0.4, 0.5) is 0 Å². The lowest BCUT2D eigenvalue weighted by molar-refractivity contribution is -0.130. The number of likely N-dealkylation sites (tertiary alicyclic amines) is 1. The molecule has 0 aliphatic carbocycles. The molecule has 2 amide bonds. The average Bonchev–Trinajstić information content (AvgIpc) is 3.22. The van der Waals surface area contributed by atoms with E-state index in [0.717, 1.165) is 30.8 Å². The molecule has 7 heteroatoms. The van der Waals surface area contributed by atoms with Crippen molar-refractivity contribution in [1.29, 1.82) is 0 Å². The van der Waals surface area contributed by atoms with Crippen LogP contribution < -0.4 is 0 Å². The van der Waals surface area contributed by atoms with Gasteiger partial charge >= 0.3 is 0 Å². The van der Waals surface area contributed by atoms with Crippen LogP contribution in [0.3, 0.4) is 0 Å². The number of thiocarbonyl (C=S) groups is 1. The van der Waals surface area contributed by atoms with Gasteiger partial charge < -0.3 is 4.90 Å². The van der Waals surface area contributed by atoms with Crippen LogP contribution in [-0.2, 0) is 9.59 Å². The van der Waals surface area contributed by atoms with Crippen LogP contribution in [0.1, 0.15) is 24.1 Å². The molecule has 1 aromatic heterocycles. The van der Waals surface area contributed by atoms with Gasteiger partial charge in [0.1, 0.15) is 4.32 Å². The Morgan fingerprint density at radius 1 is 1.36 bits per heavy atom. The zero-order valence-electron chi connectivity index (χ0n) is 12.0. The van der Waals surface area contributed by atoms with Gasteiger partial charge in [0.25, 0.3) is 5.91 Å². The summed E-state index contributed by atoms with van der Waals surface area (Å²) in [6.07, 6.45) is 4.37.